The SMILES string of the molecule is CC(C)Cc1nc(C(=O)Nc2ccnc(C(=O)O)c2)cs1. The molecule has 1 amide bonds. The molecule has 2 N–H and O–H groups in total. The fourth-order valence-electron chi connectivity index (χ4n) is 1.68. The van der Waals surface area contributed by atoms with Crippen molar-refractivity contribution < 1.29 is 14.7 Å². The number of thiazole rings is 1. The Hall–Kier alpha value is -2.28. The molecule has 21 heavy (non-hydrogen) atoms. The number of aromatic nitrogens is 2. The van der Waals surface area contributed by atoms with Gasteiger partial charge >= 0.3 is 5.97 Å². The molecule has 0 atom stereocenters. The molecule has 0 aliphatic rings. The van der Waals surface area contributed by atoms with Crippen molar-refractivity contribution >= 4 is 28.9 Å². The first-order valence-corrected chi connectivity index (χ1v) is 7.28. The van der Waals surface area contributed by atoms with Gasteiger partial charge in [0, 0.05) is 23.7 Å². The Bertz CT molecular complexity index is 667. The summed E-state index contributed by atoms with van der Waals surface area (Å²) in [6.45, 7) is 4.18. The summed E-state index contributed by atoms with van der Waals surface area (Å²) < 4.78 is 0. The molecule has 2 aromatic heterocycles. The molecule has 7 heteroatoms. The van der Waals surface area contributed by atoms with E-state index in [1.807, 2.05) is 0 Å². The highest BCUT2D eigenvalue weighted by Crippen LogP contribution is 2.16. The van der Waals surface area contributed by atoms with Crippen LogP contribution in [0, 0.1) is 5.92 Å². The Kier molecular flexibility index (Phi) is 4.64. The second-order valence-electron chi connectivity index (χ2n) is 4.91. The van der Waals surface area contributed by atoms with Gasteiger partial charge in [-0.15, -0.1) is 11.3 Å². The monoisotopic (exact) mass is 305 g/mol. The third kappa shape index (κ3) is 4.09. The molecule has 0 spiro atoms. The van der Waals surface area contributed by atoms with E-state index < -0.39 is 5.97 Å². The van der Waals surface area contributed by atoms with Crippen molar-refractivity contribution in [2.45, 2.75) is 20.3 Å². The number of amides is 1. The van der Waals surface area contributed by atoms with Crippen LogP contribution < -0.4 is 5.32 Å². The molecule has 0 radical (unpaired) electrons. The molecule has 0 saturated heterocycles. The molecule has 0 fully saturated rings. The quantitative estimate of drug-likeness (QED) is 0.886. The second kappa shape index (κ2) is 6.45. The molecule has 0 aliphatic carbocycles. The topological polar surface area (TPSA) is 92.2 Å². The average Bonchev–Trinajstić information content (AvgIpc) is 2.86. The fourth-order valence-corrected chi connectivity index (χ4v) is 2.67. The number of carbonyl (C=O) groups excluding carboxylic acids is 1. The molecule has 2 rings (SSSR count). The van der Waals surface area contributed by atoms with Gasteiger partial charge in [-0.05, 0) is 18.1 Å². The van der Waals surface area contributed by atoms with Crippen molar-refractivity contribution in [2.75, 3.05) is 5.32 Å². The number of carboxylic acids is 1. The van der Waals surface area contributed by atoms with Gasteiger partial charge in [-0.2, -0.15) is 0 Å². The predicted octanol–water partition coefficient (Wildman–Crippen LogP) is 2.69. The van der Waals surface area contributed by atoms with Gasteiger partial charge in [0.05, 0.1) is 5.01 Å². The highest BCUT2D eigenvalue weighted by Gasteiger charge is 2.13. The maximum Gasteiger partial charge on any atom is 0.354 e. The van der Waals surface area contributed by atoms with Crippen molar-refractivity contribution in [3.05, 3.63) is 40.1 Å². The molecule has 0 unspecified atom stereocenters. The largest absolute Gasteiger partial charge is 0.477 e. The van der Waals surface area contributed by atoms with Crippen LogP contribution in [-0.2, 0) is 6.42 Å². The number of carboxylic acid groups (broad SMARTS) is 1. The first kappa shape index (κ1) is 15.1. The molecule has 2 heterocycles. The lowest BCUT2D eigenvalue weighted by atomic mass is 10.1. The number of rotatable bonds is 5. The molecular weight excluding hydrogens is 290 g/mol. The van der Waals surface area contributed by atoms with Gasteiger partial charge < -0.3 is 10.4 Å². The lowest BCUT2D eigenvalue weighted by Crippen LogP contribution is -2.13. The van der Waals surface area contributed by atoms with E-state index in [-0.39, 0.29) is 11.6 Å². The second-order valence-corrected chi connectivity index (χ2v) is 5.86. The molecule has 0 aromatic carbocycles. The number of nitrogens with zero attached hydrogens (tertiary/aromatic N) is 2. The summed E-state index contributed by atoms with van der Waals surface area (Å²) in [4.78, 5) is 30.9. The first-order chi connectivity index (χ1) is 9.95. The summed E-state index contributed by atoms with van der Waals surface area (Å²) >= 11 is 1.45. The standard InChI is InChI=1S/C14H15N3O3S/c1-8(2)5-12-17-11(7-21-12)13(18)16-9-3-4-15-10(6-9)14(19)20/h3-4,6-8H,5H2,1-2H3,(H,19,20)(H,15,16,18). The van der Waals surface area contributed by atoms with Crippen LogP contribution in [0.4, 0.5) is 5.69 Å². The number of nitrogens with one attached hydrogen (secondary N) is 1. The Labute approximate surface area is 125 Å². The first-order valence-electron chi connectivity index (χ1n) is 6.41. The zero-order valence-corrected chi connectivity index (χ0v) is 12.5. The summed E-state index contributed by atoms with van der Waals surface area (Å²) in [5.41, 5.74) is 0.599. The highest BCUT2D eigenvalue weighted by molar-refractivity contribution is 7.09. The Morgan fingerprint density at radius 3 is 2.81 bits per heavy atom. The van der Waals surface area contributed by atoms with Crippen LogP contribution in [-0.4, -0.2) is 27.0 Å². The Morgan fingerprint density at radius 1 is 1.38 bits per heavy atom. The van der Waals surface area contributed by atoms with Crippen LogP contribution in [0.1, 0.15) is 39.8 Å². The van der Waals surface area contributed by atoms with Crippen molar-refractivity contribution in [1.29, 1.82) is 0 Å². The third-order valence-electron chi connectivity index (χ3n) is 2.60. The van der Waals surface area contributed by atoms with Crippen molar-refractivity contribution in [1.82, 2.24) is 9.97 Å². The zero-order chi connectivity index (χ0) is 15.4. The van der Waals surface area contributed by atoms with E-state index in [9.17, 15) is 9.59 Å². The minimum absolute atomic E-state index is 0.119. The van der Waals surface area contributed by atoms with Crippen molar-refractivity contribution in [2.24, 2.45) is 5.92 Å². The number of hydrogen-bond acceptors (Lipinski definition) is 5. The number of carbonyl (C=O) groups is 2. The van der Waals surface area contributed by atoms with E-state index in [1.54, 1.807) is 5.38 Å². The number of hydrogen-bond donors (Lipinski definition) is 2. The maximum absolute atomic E-state index is 12.1. The van der Waals surface area contributed by atoms with Gasteiger partial charge in [-0.25, -0.2) is 14.8 Å². The lowest BCUT2D eigenvalue weighted by molar-refractivity contribution is 0.0690. The average molecular weight is 305 g/mol. The molecule has 110 valence electrons. The van der Waals surface area contributed by atoms with Gasteiger partial charge in [0.2, 0.25) is 0 Å². The molecule has 6 nitrogen and oxygen atoms in total. The van der Waals surface area contributed by atoms with Gasteiger partial charge in [0.1, 0.15) is 11.4 Å². The minimum atomic E-state index is -1.14. The summed E-state index contributed by atoms with van der Waals surface area (Å²) in [6.07, 6.45) is 2.17. The van der Waals surface area contributed by atoms with Crippen LogP contribution in [0.5, 0.6) is 0 Å². The maximum atomic E-state index is 12.1. The zero-order valence-electron chi connectivity index (χ0n) is 11.7. The molecule has 0 bridgehead atoms. The van der Waals surface area contributed by atoms with E-state index >= 15 is 0 Å². The van der Waals surface area contributed by atoms with Gasteiger partial charge in [-0.1, -0.05) is 13.8 Å². The van der Waals surface area contributed by atoms with Crippen LogP contribution in [0.15, 0.2) is 23.7 Å². The molecule has 2 aromatic rings. The van der Waals surface area contributed by atoms with Crippen molar-refractivity contribution in [3.8, 4) is 0 Å². The normalized spacial score (nSPS) is 10.6. The Balaban J connectivity index is 2.09. The minimum Gasteiger partial charge on any atom is -0.477 e. The van der Waals surface area contributed by atoms with E-state index in [0.29, 0.717) is 17.3 Å². The number of pyridine rings is 1. The molecular formula is C14H15N3O3S. The third-order valence-corrected chi connectivity index (χ3v) is 3.48. The van der Waals surface area contributed by atoms with Gasteiger partial charge in [0.25, 0.3) is 5.91 Å². The van der Waals surface area contributed by atoms with Crippen LogP contribution >= 0.6 is 11.3 Å². The van der Waals surface area contributed by atoms with Crippen LogP contribution in [0.25, 0.3) is 0 Å². The predicted molar refractivity (Wildman–Crippen MR) is 79.8 cm³/mol. The van der Waals surface area contributed by atoms with E-state index in [4.69, 9.17) is 5.11 Å². The number of anilines is 1. The van der Waals surface area contributed by atoms with Gasteiger partial charge in [-0.3, -0.25) is 4.79 Å². The molecule has 0 saturated carbocycles. The summed E-state index contributed by atoms with van der Waals surface area (Å²) in [5.74, 6) is -1.02. The fraction of sp³-hybridized carbons (Fsp3) is 0.286. The van der Waals surface area contributed by atoms with Crippen molar-refractivity contribution in [3.63, 3.8) is 0 Å². The highest BCUT2D eigenvalue weighted by atomic mass is 32.1. The molecule has 0 aliphatic heterocycles. The van der Waals surface area contributed by atoms with E-state index in [0.717, 1.165) is 11.4 Å². The lowest BCUT2D eigenvalue weighted by Gasteiger charge is -2.03. The summed E-state index contributed by atoms with van der Waals surface area (Å²) in [6, 6.07) is 2.84. The van der Waals surface area contributed by atoms with Crippen LogP contribution in [0.3, 0.4) is 0 Å². The smallest absolute Gasteiger partial charge is 0.354 e. The number of aromatic carboxylic acids is 1. The van der Waals surface area contributed by atoms with E-state index in [1.165, 1.54) is 29.7 Å². The van der Waals surface area contributed by atoms with Crippen LogP contribution in [0.2, 0.25) is 0 Å². The van der Waals surface area contributed by atoms with Gasteiger partial charge in [0.15, 0.2) is 0 Å². The van der Waals surface area contributed by atoms with E-state index in [2.05, 4.69) is 29.1 Å². The summed E-state index contributed by atoms with van der Waals surface area (Å²) in [5, 5.41) is 14.1. The summed E-state index contributed by atoms with van der Waals surface area (Å²) in [7, 11) is 0. The Morgan fingerprint density at radius 2 is 2.14 bits per heavy atom.